The van der Waals surface area contributed by atoms with Crippen LogP contribution in [0.4, 0.5) is 11.8 Å². The SMILES string of the molecule is CC(C)(CCO)CNc1nc(N)nc2[nH]ncc12. The molecule has 0 aliphatic rings. The number of nitrogens with zero attached hydrogens (tertiary/aromatic N) is 3. The largest absolute Gasteiger partial charge is 0.396 e. The Morgan fingerprint density at radius 3 is 2.94 bits per heavy atom. The molecule has 0 unspecified atom stereocenters. The van der Waals surface area contributed by atoms with Crippen LogP contribution in [-0.2, 0) is 0 Å². The maximum Gasteiger partial charge on any atom is 0.224 e. The number of H-pyrrole nitrogens is 1. The van der Waals surface area contributed by atoms with E-state index in [1.54, 1.807) is 6.20 Å². The van der Waals surface area contributed by atoms with Crippen LogP contribution in [0.5, 0.6) is 0 Å². The lowest BCUT2D eigenvalue weighted by Crippen LogP contribution is -2.24. The second-order valence-electron chi connectivity index (χ2n) is 5.05. The summed E-state index contributed by atoms with van der Waals surface area (Å²) in [5.74, 6) is 0.867. The van der Waals surface area contributed by atoms with Gasteiger partial charge in [0.1, 0.15) is 5.82 Å². The van der Waals surface area contributed by atoms with Gasteiger partial charge in [0.05, 0.1) is 11.6 Å². The molecule has 2 rings (SSSR count). The molecule has 2 heterocycles. The van der Waals surface area contributed by atoms with Crippen molar-refractivity contribution < 1.29 is 5.11 Å². The predicted octanol–water partition coefficient (Wildman–Crippen LogP) is 0.756. The predicted molar refractivity (Wildman–Crippen MR) is 70.1 cm³/mol. The Hall–Kier alpha value is -1.89. The summed E-state index contributed by atoms with van der Waals surface area (Å²) in [6.07, 6.45) is 2.38. The summed E-state index contributed by atoms with van der Waals surface area (Å²) >= 11 is 0. The molecular formula is C11H18N6O. The van der Waals surface area contributed by atoms with Crippen LogP contribution in [0.25, 0.3) is 11.0 Å². The molecule has 0 saturated heterocycles. The highest BCUT2D eigenvalue weighted by Crippen LogP contribution is 2.23. The van der Waals surface area contributed by atoms with Gasteiger partial charge in [-0.15, -0.1) is 0 Å². The van der Waals surface area contributed by atoms with Gasteiger partial charge in [-0.3, -0.25) is 5.10 Å². The van der Waals surface area contributed by atoms with Crippen LogP contribution in [-0.4, -0.2) is 38.4 Å². The zero-order chi connectivity index (χ0) is 13.2. The molecule has 7 nitrogen and oxygen atoms in total. The summed E-state index contributed by atoms with van der Waals surface area (Å²) in [6.45, 7) is 5.01. The van der Waals surface area contributed by atoms with Crippen LogP contribution >= 0.6 is 0 Å². The van der Waals surface area contributed by atoms with Crippen molar-refractivity contribution in [3.63, 3.8) is 0 Å². The molecule has 0 atom stereocenters. The highest BCUT2D eigenvalue weighted by molar-refractivity contribution is 5.86. The van der Waals surface area contributed by atoms with Crippen LogP contribution in [0.2, 0.25) is 0 Å². The molecule has 0 spiro atoms. The lowest BCUT2D eigenvalue weighted by molar-refractivity contribution is 0.220. The summed E-state index contributed by atoms with van der Waals surface area (Å²) in [4.78, 5) is 8.22. The zero-order valence-electron chi connectivity index (χ0n) is 10.6. The van der Waals surface area contributed by atoms with Crippen LogP contribution in [0.3, 0.4) is 0 Å². The first-order valence-electron chi connectivity index (χ1n) is 5.83. The molecule has 7 heteroatoms. The summed E-state index contributed by atoms with van der Waals surface area (Å²) < 4.78 is 0. The molecule has 0 aromatic carbocycles. The average Bonchev–Trinajstić information content (AvgIpc) is 2.73. The van der Waals surface area contributed by atoms with Crippen molar-refractivity contribution in [2.75, 3.05) is 24.2 Å². The standard InChI is InChI=1S/C11H18N6O/c1-11(2,3-4-18)6-13-8-7-5-14-17-9(7)16-10(12)15-8/h5,18H,3-4,6H2,1-2H3,(H4,12,13,14,15,16,17). The number of aliphatic hydroxyl groups excluding tert-OH is 1. The van der Waals surface area contributed by atoms with Gasteiger partial charge >= 0.3 is 0 Å². The molecule has 98 valence electrons. The van der Waals surface area contributed by atoms with Crippen molar-refractivity contribution in [2.45, 2.75) is 20.3 Å². The number of aromatic amines is 1. The van der Waals surface area contributed by atoms with Gasteiger partial charge < -0.3 is 16.2 Å². The molecule has 5 N–H and O–H groups in total. The van der Waals surface area contributed by atoms with Crippen LogP contribution < -0.4 is 11.1 Å². The van der Waals surface area contributed by atoms with Gasteiger partial charge in [-0.1, -0.05) is 13.8 Å². The van der Waals surface area contributed by atoms with Gasteiger partial charge in [0.25, 0.3) is 0 Å². The average molecular weight is 250 g/mol. The first-order chi connectivity index (χ1) is 8.52. The number of nitrogen functional groups attached to an aromatic ring is 1. The minimum Gasteiger partial charge on any atom is -0.396 e. The molecule has 2 aromatic heterocycles. The number of hydrogen-bond acceptors (Lipinski definition) is 6. The molecule has 0 saturated carbocycles. The third kappa shape index (κ3) is 2.67. The molecule has 0 fully saturated rings. The van der Waals surface area contributed by atoms with Crippen molar-refractivity contribution in [3.8, 4) is 0 Å². The third-order valence-electron chi connectivity index (χ3n) is 2.85. The van der Waals surface area contributed by atoms with Gasteiger partial charge in [-0.05, 0) is 11.8 Å². The molecular weight excluding hydrogens is 232 g/mol. The van der Waals surface area contributed by atoms with E-state index >= 15 is 0 Å². The van der Waals surface area contributed by atoms with Gasteiger partial charge in [-0.2, -0.15) is 15.1 Å². The lowest BCUT2D eigenvalue weighted by Gasteiger charge is -2.24. The smallest absolute Gasteiger partial charge is 0.224 e. The molecule has 0 bridgehead atoms. The minimum absolute atomic E-state index is 0.0233. The van der Waals surface area contributed by atoms with E-state index in [4.69, 9.17) is 10.8 Å². The third-order valence-corrected chi connectivity index (χ3v) is 2.85. The fourth-order valence-corrected chi connectivity index (χ4v) is 1.70. The van der Waals surface area contributed by atoms with E-state index in [-0.39, 0.29) is 18.0 Å². The fraction of sp³-hybridized carbons (Fsp3) is 0.545. The van der Waals surface area contributed by atoms with Crippen LogP contribution in [0.1, 0.15) is 20.3 Å². The number of fused-ring (bicyclic) bond motifs is 1. The second kappa shape index (κ2) is 4.77. The number of nitrogens with one attached hydrogen (secondary N) is 2. The minimum atomic E-state index is -0.0233. The zero-order valence-corrected chi connectivity index (χ0v) is 10.6. The quantitative estimate of drug-likeness (QED) is 0.623. The lowest BCUT2D eigenvalue weighted by atomic mass is 9.90. The molecule has 18 heavy (non-hydrogen) atoms. The second-order valence-corrected chi connectivity index (χ2v) is 5.05. The van der Waals surface area contributed by atoms with E-state index < -0.39 is 0 Å². The van der Waals surface area contributed by atoms with E-state index in [0.29, 0.717) is 18.0 Å². The number of aliphatic hydroxyl groups is 1. The Morgan fingerprint density at radius 1 is 1.44 bits per heavy atom. The maximum atomic E-state index is 8.99. The van der Waals surface area contributed by atoms with Gasteiger partial charge in [0.15, 0.2) is 5.65 Å². The van der Waals surface area contributed by atoms with E-state index in [0.717, 1.165) is 11.8 Å². The van der Waals surface area contributed by atoms with Crippen LogP contribution in [0, 0.1) is 5.41 Å². The summed E-state index contributed by atoms with van der Waals surface area (Å²) in [7, 11) is 0. The summed E-state index contributed by atoms with van der Waals surface area (Å²) in [6, 6.07) is 0. The summed E-state index contributed by atoms with van der Waals surface area (Å²) in [5.41, 5.74) is 6.22. The van der Waals surface area contributed by atoms with Gasteiger partial charge in [-0.25, -0.2) is 0 Å². The molecule has 0 amide bonds. The Labute approximate surface area is 105 Å². The number of nitrogens with two attached hydrogens (primary N) is 1. The van der Waals surface area contributed by atoms with E-state index in [1.165, 1.54) is 0 Å². The monoisotopic (exact) mass is 250 g/mol. The van der Waals surface area contributed by atoms with Crippen molar-refractivity contribution >= 4 is 22.8 Å². The summed E-state index contributed by atoms with van der Waals surface area (Å²) in [5, 5.41) is 19.7. The Kier molecular flexibility index (Phi) is 3.33. The topological polar surface area (TPSA) is 113 Å². The van der Waals surface area contributed by atoms with Gasteiger partial charge in [0, 0.05) is 13.2 Å². The first-order valence-corrected chi connectivity index (χ1v) is 5.83. The highest BCUT2D eigenvalue weighted by atomic mass is 16.3. The van der Waals surface area contributed by atoms with Crippen molar-refractivity contribution in [3.05, 3.63) is 6.20 Å². The van der Waals surface area contributed by atoms with E-state index in [9.17, 15) is 0 Å². The maximum absolute atomic E-state index is 8.99. The number of rotatable bonds is 5. The number of aromatic nitrogens is 4. The van der Waals surface area contributed by atoms with Crippen molar-refractivity contribution in [2.24, 2.45) is 5.41 Å². The number of hydrogen-bond donors (Lipinski definition) is 4. The molecule has 2 aromatic rings. The Morgan fingerprint density at radius 2 is 2.22 bits per heavy atom. The van der Waals surface area contributed by atoms with Crippen molar-refractivity contribution in [1.82, 2.24) is 20.2 Å². The van der Waals surface area contributed by atoms with E-state index in [2.05, 4.69) is 39.3 Å². The highest BCUT2D eigenvalue weighted by Gasteiger charge is 2.18. The van der Waals surface area contributed by atoms with Gasteiger partial charge in [0.2, 0.25) is 5.95 Å². The van der Waals surface area contributed by atoms with Crippen LogP contribution in [0.15, 0.2) is 6.20 Å². The first kappa shape index (κ1) is 12.6. The Bertz CT molecular complexity index is 535. The molecule has 0 aliphatic heterocycles. The van der Waals surface area contributed by atoms with Crippen molar-refractivity contribution in [1.29, 1.82) is 0 Å². The molecule has 0 aliphatic carbocycles. The van der Waals surface area contributed by atoms with E-state index in [1.807, 2.05) is 0 Å². The Balaban J connectivity index is 2.19. The fourth-order valence-electron chi connectivity index (χ4n) is 1.70. The molecule has 0 radical (unpaired) electrons. The number of anilines is 2. The normalized spacial score (nSPS) is 11.9.